The highest BCUT2D eigenvalue weighted by Gasteiger charge is 2.22. The van der Waals surface area contributed by atoms with Gasteiger partial charge in [0.15, 0.2) is 11.5 Å². The van der Waals surface area contributed by atoms with Gasteiger partial charge in [-0.25, -0.2) is 9.67 Å². The lowest BCUT2D eigenvalue weighted by atomic mass is 10.1. The first-order valence-corrected chi connectivity index (χ1v) is 9.63. The summed E-state index contributed by atoms with van der Waals surface area (Å²) in [6.45, 7) is 5.91. The van der Waals surface area contributed by atoms with Crippen LogP contribution in [0.25, 0.3) is 10.4 Å². The van der Waals surface area contributed by atoms with E-state index in [1.165, 1.54) is 4.88 Å². The highest BCUT2D eigenvalue weighted by Crippen LogP contribution is 2.39. The molecule has 0 radical (unpaired) electrons. The Morgan fingerprint density at radius 2 is 2.27 bits per heavy atom. The summed E-state index contributed by atoms with van der Waals surface area (Å²) in [4.78, 5) is 7.98. The maximum Gasteiger partial charge on any atom is 0.165 e. The van der Waals surface area contributed by atoms with Gasteiger partial charge in [-0.2, -0.15) is 5.10 Å². The van der Waals surface area contributed by atoms with Crippen LogP contribution in [0.2, 0.25) is 0 Å². The highest BCUT2D eigenvalue weighted by atomic mass is 32.1. The molecule has 0 saturated heterocycles. The number of hydrogen-bond donors (Lipinski definition) is 0. The maximum atomic E-state index is 6.04. The fraction of sp³-hybridized carbons (Fsp3) is 0.368. The summed E-state index contributed by atoms with van der Waals surface area (Å²) in [6, 6.07) is 8.48. The van der Waals surface area contributed by atoms with E-state index in [1.54, 1.807) is 24.8 Å². The van der Waals surface area contributed by atoms with E-state index < -0.39 is 0 Å². The lowest BCUT2D eigenvalue weighted by molar-refractivity contribution is 0.210. The molecule has 1 aliphatic rings. The van der Waals surface area contributed by atoms with Crippen molar-refractivity contribution in [2.75, 3.05) is 20.3 Å². The number of fused-ring (bicyclic) bond motifs is 1. The number of thiophene rings is 1. The van der Waals surface area contributed by atoms with Crippen molar-refractivity contribution in [3.63, 3.8) is 0 Å². The van der Waals surface area contributed by atoms with Crippen molar-refractivity contribution in [1.82, 2.24) is 19.7 Å². The molecule has 0 unspecified atom stereocenters. The van der Waals surface area contributed by atoms with Crippen molar-refractivity contribution in [2.45, 2.75) is 26.6 Å². The Hall–Kier alpha value is -2.38. The zero-order valence-electron chi connectivity index (χ0n) is 15.0. The third kappa shape index (κ3) is 3.32. The van der Waals surface area contributed by atoms with Crippen LogP contribution in [0.4, 0.5) is 0 Å². The van der Waals surface area contributed by atoms with E-state index in [-0.39, 0.29) is 0 Å². The van der Waals surface area contributed by atoms with Gasteiger partial charge in [0.2, 0.25) is 0 Å². The van der Waals surface area contributed by atoms with Gasteiger partial charge in [-0.15, -0.1) is 11.3 Å². The smallest absolute Gasteiger partial charge is 0.165 e. The lowest BCUT2D eigenvalue weighted by Gasteiger charge is -2.19. The number of aryl methyl sites for hydroxylation is 1. The molecule has 0 atom stereocenters. The van der Waals surface area contributed by atoms with Crippen molar-refractivity contribution < 1.29 is 9.47 Å². The minimum Gasteiger partial charge on any atom is -0.493 e. The average Bonchev–Trinajstić information content (AvgIpc) is 3.30. The number of benzene rings is 1. The SMILES string of the molecule is CCn1ncnc1CN1CCOc2c(cc(-c3cccs3)cc2OC)C1. The molecule has 136 valence electrons. The predicted octanol–water partition coefficient (Wildman–Crippen LogP) is 3.43. The molecule has 3 heterocycles. The first kappa shape index (κ1) is 17.1. The van der Waals surface area contributed by atoms with Crippen LogP contribution in [0.1, 0.15) is 18.3 Å². The molecule has 3 aromatic rings. The Bertz CT molecular complexity index is 876. The van der Waals surface area contributed by atoms with Gasteiger partial charge >= 0.3 is 0 Å². The summed E-state index contributed by atoms with van der Waals surface area (Å²) in [6.07, 6.45) is 1.62. The molecule has 26 heavy (non-hydrogen) atoms. The number of aromatic nitrogens is 3. The molecular formula is C19H22N4O2S. The van der Waals surface area contributed by atoms with Crippen LogP contribution < -0.4 is 9.47 Å². The number of nitrogens with zero attached hydrogens (tertiary/aromatic N) is 4. The van der Waals surface area contributed by atoms with E-state index >= 15 is 0 Å². The second kappa shape index (κ2) is 7.47. The van der Waals surface area contributed by atoms with Crippen LogP contribution in [0.15, 0.2) is 36.0 Å². The van der Waals surface area contributed by atoms with Gasteiger partial charge in [-0.1, -0.05) is 6.07 Å². The maximum absolute atomic E-state index is 6.04. The predicted molar refractivity (Wildman–Crippen MR) is 102 cm³/mol. The fourth-order valence-corrected chi connectivity index (χ4v) is 4.00. The second-order valence-corrected chi connectivity index (χ2v) is 7.14. The summed E-state index contributed by atoms with van der Waals surface area (Å²) in [5, 5.41) is 6.36. The van der Waals surface area contributed by atoms with Crippen molar-refractivity contribution in [2.24, 2.45) is 0 Å². The number of methoxy groups -OCH3 is 1. The van der Waals surface area contributed by atoms with Gasteiger partial charge in [-0.3, -0.25) is 4.90 Å². The standard InChI is InChI=1S/C19H22N4O2S/c1-3-23-18(20-13-21-23)12-22-6-7-25-19-15(11-22)9-14(10-16(19)24-2)17-5-4-8-26-17/h4-5,8-10,13H,3,6-7,11-12H2,1-2H3. The van der Waals surface area contributed by atoms with Crippen molar-refractivity contribution >= 4 is 11.3 Å². The molecular weight excluding hydrogens is 348 g/mol. The molecule has 4 rings (SSSR count). The lowest BCUT2D eigenvalue weighted by Crippen LogP contribution is -2.27. The third-order valence-corrected chi connectivity index (χ3v) is 5.48. The van der Waals surface area contributed by atoms with Gasteiger partial charge in [0.1, 0.15) is 18.8 Å². The molecule has 6 nitrogen and oxygen atoms in total. The van der Waals surface area contributed by atoms with Crippen LogP contribution in [0.5, 0.6) is 11.5 Å². The Balaban J connectivity index is 1.65. The number of rotatable bonds is 5. The largest absolute Gasteiger partial charge is 0.493 e. The Kier molecular flexibility index (Phi) is 4.90. The van der Waals surface area contributed by atoms with Gasteiger partial charge < -0.3 is 9.47 Å². The number of ether oxygens (including phenoxy) is 2. The monoisotopic (exact) mass is 370 g/mol. The first-order valence-electron chi connectivity index (χ1n) is 8.75. The Morgan fingerprint density at radius 3 is 3.04 bits per heavy atom. The van der Waals surface area contributed by atoms with Gasteiger partial charge in [-0.05, 0) is 36.1 Å². The van der Waals surface area contributed by atoms with Crippen LogP contribution in [0.3, 0.4) is 0 Å². The zero-order valence-corrected chi connectivity index (χ0v) is 15.8. The molecule has 0 bridgehead atoms. The van der Waals surface area contributed by atoms with E-state index in [0.717, 1.165) is 54.6 Å². The van der Waals surface area contributed by atoms with Crippen molar-refractivity contribution in [1.29, 1.82) is 0 Å². The second-order valence-electron chi connectivity index (χ2n) is 6.20. The molecule has 0 saturated carbocycles. The van der Waals surface area contributed by atoms with Crippen LogP contribution in [-0.4, -0.2) is 39.9 Å². The summed E-state index contributed by atoms with van der Waals surface area (Å²) in [5.41, 5.74) is 2.31. The molecule has 0 amide bonds. The minimum absolute atomic E-state index is 0.627. The van der Waals surface area contributed by atoms with Gasteiger partial charge in [0, 0.05) is 30.1 Å². The van der Waals surface area contributed by atoms with E-state index in [2.05, 4.69) is 51.6 Å². The minimum atomic E-state index is 0.627. The molecule has 0 spiro atoms. The molecule has 0 aliphatic carbocycles. The molecule has 1 aliphatic heterocycles. The average molecular weight is 370 g/mol. The summed E-state index contributed by atoms with van der Waals surface area (Å²) in [7, 11) is 1.70. The summed E-state index contributed by atoms with van der Waals surface area (Å²) in [5.74, 6) is 2.63. The summed E-state index contributed by atoms with van der Waals surface area (Å²) < 4.78 is 13.6. The van der Waals surface area contributed by atoms with E-state index in [4.69, 9.17) is 9.47 Å². The zero-order chi connectivity index (χ0) is 17.9. The molecule has 7 heteroatoms. The van der Waals surface area contributed by atoms with Gasteiger partial charge in [0.05, 0.1) is 13.7 Å². The molecule has 0 fully saturated rings. The van der Waals surface area contributed by atoms with Crippen molar-refractivity contribution in [3.8, 4) is 21.9 Å². The van der Waals surface area contributed by atoms with E-state index in [9.17, 15) is 0 Å². The van der Waals surface area contributed by atoms with Crippen LogP contribution in [-0.2, 0) is 19.6 Å². The molecule has 1 aromatic carbocycles. The quantitative estimate of drug-likeness (QED) is 0.689. The third-order valence-electron chi connectivity index (χ3n) is 4.57. The van der Waals surface area contributed by atoms with Crippen molar-refractivity contribution in [3.05, 3.63) is 47.4 Å². The first-order chi connectivity index (χ1) is 12.8. The van der Waals surface area contributed by atoms with E-state index in [0.29, 0.717) is 6.61 Å². The summed E-state index contributed by atoms with van der Waals surface area (Å²) >= 11 is 1.73. The Morgan fingerprint density at radius 1 is 1.35 bits per heavy atom. The molecule has 0 N–H and O–H groups in total. The number of hydrogen-bond acceptors (Lipinski definition) is 6. The fourth-order valence-electron chi connectivity index (χ4n) is 3.28. The van der Waals surface area contributed by atoms with Gasteiger partial charge in [0.25, 0.3) is 0 Å². The van der Waals surface area contributed by atoms with E-state index in [1.807, 2.05) is 4.68 Å². The highest BCUT2D eigenvalue weighted by molar-refractivity contribution is 7.13. The normalized spacial score (nSPS) is 14.5. The Labute approximate surface area is 157 Å². The van der Waals surface area contributed by atoms with Crippen LogP contribution >= 0.6 is 11.3 Å². The molecule has 2 aromatic heterocycles. The topological polar surface area (TPSA) is 52.4 Å². The van der Waals surface area contributed by atoms with Crippen LogP contribution in [0, 0.1) is 0 Å².